The molecule has 30 heavy (non-hydrogen) atoms. The summed E-state index contributed by atoms with van der Waals surface area (Å²) in [5.41, 5.74) is 1.78. The molecule has 0 saturated carbocycles. The van der Waals surface area contributed by atoms with Gasteiger partial charge in [0, 0.05) is 51.0 Å². The first-order chi connectivity index (χ1) is 14.4. The molecule has 158 valence electrons. The SMILES string of the molecule is CCCN(C)c1ccc(C(=O)N2CCN(S(=O)(=O)c3ccccc3C#N)CC2)cc1. The number of carbonyl (C=O) groups is 1. The summed E-state index contributed by atoms with van der Waals surface area (Å²) in [4.78, 5) is 16.7. The molecule has 0 bridgehead atoms. The van der Waals surface area contributed by atoms with Gasteiger partial charge in [0.25, 0.3) is 5.91 Å². The molecule has 0 radical (unpaired) electrons. The highest BCUT2D eigenvalue weighted by Crippen LogP contribution is 2.22. The Labute approximate surface area is 178 Å². The molecule has 0 spiro atoms. The third kappa shape index (κ3) is 4.48. The maximum absolute atomic E-state index is 12.9. The summed E-state index contributed by atoms with van der Waals surface area (Å²) in [6.07, 6.45) is 1.04. The molecule has 7 nitrogen and oxygen atoms in total. The van der Waals surface area contributed by atoms with Gasteiger partial charge in [-0.1, -0.05) is 19.1 Å². The Kier molecular flexibility index (Phi) is 6.75. The maximum atomic E-state index is 12.9. The number of nitriles is 1. The first-order valence-corrected chi connectivity index (χ1v) is 11.4. The highest BCUT2D eigenvalue weighted by molar-refractivity contribution is 7.89. The van der Waals surface area contributed by atoms with Gasteiger partial charge in [0.15, 0.2) is 0 Å². The Morgan fingerprint density at radius 2 is 1.70 bits per heavy atom. The third-order valence-corrected chi connectivity index (χ3v) is 7.22. The van der Waals surface area contributed by atoms with Gasteiger partial charge in [0.1, 0.15) is 6.07 Å². The number of nitrogens with zero attached hydrogens (tertiary/aromatic N) is 4. The number of sulfonamides is 1. The molecule has 2 aromatic rings. The topological polar surface area (TPSA) is 84.7 Å². The van der Waals surface area contributed by atoms with E-state index in [0.29, 0.717) is 18.7 Å². The van der Waals surface area contributed by atoms with Gasteiger partial charge in [0.05, 0.1) is 10.5 Å². The van der Waals surface area contributed by atoms with Crippen molar-refractivity contribution >= 4 is 21.6 Å². The van der Waals surface area contributed by atoms with E-state index in [4.69, 9.17) is 0 Å². The van der Waals surface area contributed by atoms with Crippen LogP contribution in [-0.4, -0.2) is 63.3 Å². The fraction of sp³-hybridized carbons (Fsp3) is 0.364. The highest BCUT2D eigenvalue weighted by atomic mass is 32.2. The van der Waals surface area contributed by atoms with Crippen molar-refractivity contribution in [1.82, 2.24) is 9.21 Å². The predicted molar refractivity (Wildman–Crippen MR) is 116 cm³/mol. The molecule has 0 N–H and O–H groups in total. The number of amides is 1. The van der Waals surface area contributed by atoms with Crippen molar-refractivity contribution < 1.29 is 13.2 Å². The average Bonchev–Trinajstić information content (AvgIpc) is 2.79. The molecule has 0 unspecified atom stereocenters. The molecule has 8 heteroatoms. The van der Waals surface area contributed by atoms with Crippen LogP contribution in [0, 0.1) is 11.3 Å². The first kappa shape index (κ1) is 21.8. The minimum absolute atomic E-state index is 0.0130. The third-order valence-electron chi connectivity index (χ3n) is 5.27. The lowest BCUT2D eigenvalue weighted by Crippen LogP contribution is -2.50. The summed E-state index contributed by atoms with van der Waals surface area (Å²) in [6.45, 7) is 4.08. The van der Waals surface area contributed by atoms with Gasteiger partial charge in [0.2, 0.25) is 10.0 Å². The van der Waals surface area contributed by atoms with Crippen LogP contribution in [0.15, 0.2) is 53.4 Å². The van der Waals surface area contributed by atoms with Crippen LogP contribution >= 0.6 is 0 Å². The molecule has 1 heterocycles. The van der Waals surface area contributed by atoms with E-state index in [1.165, 1.54) is 16.4 Å². The summed E-state index contributed by atoms with van der Waals surface area (Å²) in [6, 6.07) is 15.6. The number of rotatable bonds is 6. The quantitative estimate of drug-likeness (QED) is 0.709. The zero-order chi connectivity index (χ0) is 21.7. The van der Waals surface area contributed by atoms with Crippen LogP contribution in [0.5, 0.6) is 0 Å². The number of piperazine rings is 1. The first-order valence-electron chi connectivity index (χ1n) is 9.98. The molecule has 0 aliphatic carbocycles. The van der Waals surface area contributed by atoms with Crippen LogP contribution in [0.4, 0.5) is 5.69 Å². The molecular weight excluding hydrogens is 400 g/mol. The fourth-order valence-corrected chi connectivity index (χ4v) is 5.12. The summed E-state index contributed by atoms with van der Waals surface area (Å²) in [5, 5.41) is 9.22. The maximum Gasteiger partial charge on any atom is 0.253 e. The molecule has 0 atom stereocenters. The molecule has 1 aliphatic rings. The van der Waals surface area contributed by atoms with Gasteiger partial charge in [-0.25, -0.2) is 8.42 Å². The Balaban J connectivity index is 1.66. The van der Waals surface area contributed by atoms with Crippen LogP contribution in [0.25, 0.3) is 0 Å². The largest absolute Gasteiger partial charge is 0.375 e. The Morgan fingerprint density at radius 3 is 2.30 bits per heavy atom. The zero-order valence-corrected chi connectivity index (χ0v) is 18.1. The standard InChI is InChI=1S/C22H26N4O3S/c1-3-12-24(2)20-10-8-18(9-11-20)22(27)25-13-15-26(16-14-25)30(28,29)21-7-5-4-6-19(21)17-23/h4-11H,3,12-16H2,1-2H3. The second-order valence-corrected chi connectivity index (χ2v) is 9.18. The lowest BCUT2D eigenvalue weighted by atomic mass is 10.1. The second kappa shape index (κ2) is 9.28. The summed E-state index contributed by atoms with van der Waals surface area (Å²) >= 11 is 0. The fourth-order valence-electron chi connectivity index (χ4n) is 3.56. The molecule has 2 aromatic carbocycles. The average molecular weight is 427 g/mol. The second-order valence-electron chi connectivity index (χ2n) is 7.27. The van der Waals surface area contributed by atoms with E-state index in [1.807, 2.05) is 37.4 Å². The molecular formula is C22H26N4O3S. The van der Waals surface area contributed by atoms with Gasteiger partial charge < -0.3 is 9.80 Å². The molecule has 3 rings (SSSR count). The Morgan fingerprint density at radius 1 is 1.07 bits per heavy atom. The van der Waals surface area contributed by atoms with Crippen molar-refractivity contribution in [3.05, 3.63) is 59.7 Å². The van der Waals surface area contributed by atoms with Crippen molar-refractivity contribution in [2.45, 2.75) is 18.2 Å². The number of hydrogen-bond acceptors (Lipinski definition) is 5. The van der Waals surface area contributed by atoms with Crippen molar-refractivity contribution in [1.29, 1.82) is 5.26 Å². The lowest BCUT2D eigenvalue weighted by molar-refractivity contribution is 0.0698. The van der Waals surface area contributed by atoms with Crippen LogP contribution in [0.3, 0.4) is 0 Å². The van der Waals surface area contributed by atoms with E-state index in [0.717, 1.165) is 18.7 Å². The minimum Gasteiger partial charge on any atom is -0.375 e. The van der Waals surface area contributed by atoms with Gasteiger partial charge in [-0.2, -0.15) is 9.57 Å². The van der Waals surface area contributed by atoms with Crippen molar-refractivity contribution in [2.24, 2.45) is 0 Å². The van der Waals surface area contributed by atoms with E-state index < -0.39 is 10.0 Å². The van der Waals surface area contributed by atoms with E-state index in [9.17, 15) is 18.5 Å². The molecule has 0 aromatic heterocycles. The van der Waals surface area contributed by atoms with E-state index in [-0.39, 0.29) is 29.5 Å². The normalized spacial score (nSPS) is 14.9. The predicted octanol–water partition coefficient (Wildman–Crippen LogP) is 2.55. The van der Waals surface area contributed by atoms with Crippen molar-refractivity contribution in [2.75, 3.05) is 44.7 Å². The smallest absolute Gasteiger partial charge is 0.253 e. The number of benzene rings is 2. The van der Waals surface area contributed by atoms with Gasteiger partial charge >= 0.3 is 0 Å². The molecule has 1 saturated heterocycles. The summed E-state index contributed by atoms with van der Waals surface area (Å²) in [7, 11) is -1.75. The van der Waals surface area contributed by atoms with E-state index >= 15 is 0 Å². The van der Waals surface area contributed by atoms with Gasteiger partial charge in [-0.15, -0.1) is 0 Å². The molecule has 1 fully saturated rings. The van der Waals surface area contributed by atoms with E-state index in [1.54, 1.807) is 17.0 Å². The summed E-state index contributed by atoms with van der Waals surface area (Å²) in [5.74, 6) is -0.103. The van der Waals surface area contributed by atoms with Gasteiger partial charge in [-0.05, 0) is 42.8 Å². The highest BCUT2D eigenvalue weighted by Gasteiger charge is 2.31. The molecule has 1 amide bonds. The number of hydrogen-bond donors (Lipinski definition) is 0. The zero-order valence-electron chi connectivity index (χ0n) is 17.3. The van der Waals surface area contributed by atoms with Crippen molar-refractivity contribution in [3.63, 3.8) is 0 Å². The van der Waals surface area contributed by atoms with Crippen LogP contribution in [0.2, 0.25) is 0 Å². The minimum atomic E-state index is -3.77. The van der Waals surface area contributed by atoms with Crippen LogP contribution in [-0.2, 0) is 10.0 Å². The van der Waals surface area contributed by atoms with Gasteiger partial charge in [-0.3, -0.25) is 4.79 Å². The summed E-state index contributed by atoms with van der Waals surface area (Å²) < 4.78 is 27.2. The van der Waals surface area contributed by atoms with Crippen LogP contribution < -0.4 is 4.90 Å². The monoisotopic (exact) mass is 426 g/mol. The van der Waals surface area contributed by atoms with Crippen LogP contribution in [0.1, 0.15) is 29.3 Å². The number of anilines is 1. The number of carbonyl (C=O) groups excluding carboxylic acids is 1. The lowest BCUT2D eigenvalue weighted by Gasteiger charge is -2.34. The van der Waals surface area contributed by atoms with E-state index in [2.05, 4.69) is 11.8 Å². The Hall–Kier alpha value is -2.89. The molecule has 1 aliphatic heterocycles. The van der Waals surface area contributed by atoms with Crippen molar-refractivity contribution in [3.8, 4) is 6.07 Å². The Bertz CT molecular complexity index is 1040.